The van der Waals surface area contributed by atoms with Gasteiger partial charge in [-0.05, 0) is 32.2 Å². The van der Waals surface area contributed by atoms with Crippen molar-refractivity contribution in [3.63, 3.8) is 0 Å². The summed E-state index contributed by atoms with van der Waals surface area (Å²) < 4.78 is 0. The minimum absolute atomic E-state index is 0.135. The Morgan fingerprint density at radius 2 is 2.00 bits per heavy atom. The number of carbonyl (C=O) groups is 1. The largest absolute Gasteiger partial charge is 0.393 e. The van der Waals surface area contributed by atoms with Gasteiger partial charge in [0.2, 0.25) is 5.91 Å². The maximum Gasteiger partial charge on any atom is 0.222 e. The molecule has 4 nitrogen and oxygen atoms in total. The molecule has 0 aliphatic carbocycles. The first-order valence-corrected chi connectivity index (χ1v) is 5.59. The summed E-state index contributed by atoms with van der Waals surface area (Å²) in [4.78, 5) is 13.3. The van der Waals surface area contributed by atoms with Crippen molar-refractivity contribution in [2.24, 2.45) is 11.7 Å². The zero-order chi connectivity index (χ0) is 11.8. The Balaban J connectivity index is 3.69. The van der Waals surface area contributed by atoms with Crippen molar-refractivity contribution < 1.29 is 9.90 Å². The highest BCUT2D eigenvalue weighted by atomic mass is 16.3. The maximum atomic E-state index is 11.6. The average molecular weight is 216 g/mol. The lowest BCUT2D eigenvalue weighted by atomic mass is 10.1. The molecule has 0 spiro atoms. The van der Waals surface area contributed by atoms with E-state index in [0.29, 0.717) is 31.8 Å². The third kappa shape index (κ3) is 7.33. The van der Waals surface area contributed by atoms with Gasteiger partial charge in [-0.1, -0.05) is 6.92 Å². The van der Waals surface area contributed by atoms with Crippen molar-refractivity contribution in [1.82, 2.24) is 4.90 Å². The topological polar surface area (TPSA) is 66.6 Å². The lowest BCUT2D eigenvalue weighted by Crippen LogP contribution is -2.29. The SMILES string of the molecule is CC(O)CCN(C)C(=O)CCC(C)CN. The average Bonchev–Trinajstić information content (AvgIpc) is 2.21. The second kappa shape index (κ2) is 7.65. The number of carbonyl (C=O) groups excluding carboxylic acids is 1. The van der Waals surface area contributed by atoms with Crippen molar-refractivity contribution in [2.45, 2.75) is 39.2 Å². The van der Waals surface area contributed by atoms with E-state index in [9.17, 15) is 4.79 Å². The molecule has 0 aliphatic rings. The highest BCUT2D eigenvalue weighted by Crippen LogP contribution is 2.05. The van der Waals surface area contributed by atoms with Gasteiger partial charge in [-0.3, -0.25) is 4.79 Å². The van der Waals surface area contributed by atoms with Crippen LogP contribution in [0.3, 0.4) is 0 Å². The molecule has 0 saturated carbocycles. The molecule has 0 aromatic rings. The van der Waals surface area contributed by atoms with E-state index in [2.05, 4.69) is 0 Å². The van der Waals surface area contributed by atoms with Gasteiger partial charge in [0.05, 0.1) is 6.10 Å². The number of amides is 1. The van der Waals surface area contributed by atoms with Crippen LogP contribution in [0, 0.1) is 5.92 Å². The van der Waals surface area contributed by atoms with Crippen LogP contribution in [0.5, 0.6) is 0 Å². The number of nitrogens with zero attached hydrogens (tertiary/aromatic N) is 1. The fourth-order valence-corrected chi connectivity index (χ4v) is 1.18. The third-order valence-corrected chi connectivity index (χ3v) is 2.56. The lowest BCUT2D eigenvalue weighted by molar-refractivity contribution is -0.130. The number of aliphatic hydroxyl groups excluding tert-OH is 1. The molecule has 0 bridgehead atoms. The summed E-state index contributed by atoms with van der Waals surface area (Å²) in [5.41, 5.74) is 5.47. The number of aliphatic hydroxyl groups is 1. The van der Waals surface area contributed by atoms with Crippen LogP contribution >= 0.6 is 0 Å². The first-order valence-electron chi connectivity index (χ1n) is 5.59. The van der Waals surface area contributed by atoms with E-state index in [1.54, 1.807) is 18.9 Å². The Hall–Kier alpha value is -0.610. The Bertz CT molecular complexity index is 183. The molecule has 0 radical (unpaired) electrons. The Labute approximate surface area is 92.4 Å². The van der Waals surface area contributed by atoms with Crippen LogP contribution in [-0.4, -0.2) is 42.2 Å². The summed E-state index contributed by atoms with van der Waals surface area (Å²) in [7, 11) is 1.78. The molecule has 0 fully saturated rings. The van der Waals surface area contributed by atoms with Gasteiger partial charge in [0.15, 0.2) is 0 Å². The quantitative estimate of drug-likeness (QED) is 0.654. The minimum atomic E-state index is -0.344. The van der Waals surface area contributed by atoms with Crippen LogP contribution in [0.1, 0.15) is 33.1 Å². The molecule has 0 heterocycles. The molecule has 15 heavy (non-hydrogen) atoms. The predicted molar refractivity (Wildman–Crippen MR) is 61.4 cm³/mol. The molecular weight excluding hydrogens is 192 g/mol. The zero-order valence-electron chi connectivity index (χ0n) is 10.1. The van der Waals surface area contributed by atoms with Gasteiger partial charge < -0.3 is 15.7 Å². The van der Waals surface area contributed by atoms with Crippen LogP contribution < -0.4 is 5.73 Å². The maximum absolute atomic E-state index is 11.6. The Morgan fingerprint density at radius 3 is 2.47 bits per heavy atom. The van der Waals surface area contributed by atoms with Gasteiger partial charge in [0.25, 0.3) is 0 Å². The van der Waals surface area contributed by atoms with E-state index < -0.39 is 0 Å². The normalized spacial score (nSPS) is 14.7. The van der Waals surface area contributed by atoms with Gasteiger partial charge >= 0.3 is 0 Å². The van der Waals surface area contributed by atoms with Crippen molar-refractivity contribution in [2.75, 3.05) is 20.1 Å². The predicted octanol–water partition coefficient (Wildman–Crippen LogP) is 0.591. The number of hydrogen-bond acceptors (Lipinski definition) is 3. The number of rotatable bonds is 7. The minimum Gasteiger partial charge on any atom is -0.393 e. The third-order valence-electron chi connectivity index (χ3n) is 2.56. The fourth-order valence-electron chi connectivity index (χ4n) is 1.18. The summed E-state index contributed by atoms with van der Waals surface area (Å²) in [6, 6.07) is 0. The van der Waals surface area contributed by atoms with E-state index in [0.717, 1.165) is 6.42 Å². The molecule has 4 heteroatoms. The fraction of sp³-hybridized carbons (Fsp3) is 0.909. The molecule has 3 N–H and O–H groups in total. The smallest absolute Gasteiger partial charge is 0.222 e. The summed E-state index contributed by atoms with van der Waals surface area (Å²) in [5, 5.41) is 9.08. The van der Waals surface area contributed by atoms with Crippen LogP contribution in [0.25, 0.3) is 0 Å². The molecule has 0 aromatic heterocycles. The van der Waals surface area contributed by atoms with Crippen LogP contribution in [-0.2, 0) is 4.79 Å². The second-order valence-corrected chi connectivity index (χ2v) is 4.33. The van der Waals surface area contributed by atoms with Gasteiger partial charge in [-0.15, -0.1) is 0 Å². The molecule has 0 aromatic carbocycles. The van der Waals surface area contributed by atoms with Crippen LogP contribution in [0.2, 0.25) is 0 Å². The van der Waals surface area contributed by atoms with Crippen molar-refractivity contribution in [1.29, 1.82) is 0 Å². The molecule has 0 rings (SSSR count). The van der Waals surface area contributed by atoms with Crippen molar-refractivity contribution in [3.05, 3.63) is 0 Å². The van der Waals surface area contributed by atoms with Crippen LogP contribution in [0.4, 0.5) is 0 Å². The van der Waals surface area contributed by atoms with Gasteiger partial charge in [-0.25, -0.2) is 0 Å². The summed E-state index contributed by atoms with van der Waals surface area (Å²) in [5.74, 6) is 0.537. The molecule has 90 valence electrons. The second-order valence-electron chi connectivity index (χ2n) is 4.33. The molecule has 0 aliphatic heterocycles. The molecular formula is C11H24N2O2. The number of nitrogens with two attached hydrogens (primary N) is 1. The van der Waals surface area contributed by atoms with E-state index >= 15 is 0 Å². The van der Waals surface area contributed by atoms with Gasteiger partial charge in [0, 0.05) is 20.0 Å². The van der Waals surface area contributed by atoms with Gasteiger partial charge in [0.1, 0.15) is 0 Å². The Kier molecular flexibility index (Phi) is 7.34. The first kappa shape index (κ1) is 14.4. The highest BCUT2D eigenvalue weighted by Gasteiger charge is 2.10. The van der Waals surface area contributed by atoms with Crippen molar-refractivity contribution >= 4 is 5.91 Å². The summed E-state index contributed by atoms with van der Waals surface area (Å²) in [6.45, 7) is 5.02. The summed E-state index contributed by atoms with van der Waals surface area (Å²) >= 11 is 0. The summed E-state index contributed by atoms with van der Waals surface area (Å²) in [6.07, 6.45) is 1.68. The van der Waals surface area contributed by atoms with Crippen molar-refractivity contribution in [3.8, 4) is 0 Å². The van der Waals surface area contributed by atoms with E-state index in [4.69, 9.17) is 10.8 Å². The molecule has 2 unspecified atom stereocenters. The monoisotopic (exact) mass is 216 g/mol. The Morgan fingerprint density at radius 1 is 1.40 bits per heavy atom. The molecule has 2 atom stereocenters. The molecule has 0 saturated heterocycles. The van der Waals surface area contributed by atoms with Gasteiger partial charge in [-0.2, -0.15) is 0 Å². The standard InChI is InChI=1S/C11H24N2O2/c1-9(8-12)4-5-11(15)13(3)7-6-10(2)14/h9-10,14H,4-8,12H2,1-3H3. The van der Waals surface area contributed by atoms with E-state index in [-0.39, 0.29) is 12.0 Å². The van der Waals surface area contributed by atoms with E-state index in [1.165, 1.54) is 0 Å². The lowest BCUT2D eigenvalue weighted by Gasteiger charge is -2.18. The van der Waals surface area contributed by atoms with Crippen LogP contribution in [0.15, 0.2) is 0 Å². The zero-order valence-corrected chi connectivity index (χ0v) is 10.1. The van der Waals surface area contributed by atoms with E-state index in [1.807, 2.05) is 6.92 Å². The molecule has 1 amide bonds. The number of hydrogen-bond donors (Lipinski definition) is 2. The highest BCUT2D eigenvalue weighted by molar-refractivity contribution is 5.75. The first-order chi connectivity index (χ1) is 6.97.